The van der Waals surface area contributed by atoms with Crippen molar-refractivity contribution in [3.05, 3.63) is 78.3 Å². The van der Waals surface area contributed by atoms with Gasteiger partial charge in [0, 0.05) is 55.2 Å². The molecule has 0 radical (unpaired) electrons. The number of aryl methyl sites for hydroxylation is 1. The van der Waals surface area contributed by atoms with E-state index in [1.807, 2.05) is 43.7 Å². The van der Waals surface area contributed by atoms with Crippen LogP contribution in [0, 0.1) is 0 Å². The molecule has 0 atom stereocenters. The summed E-state index contributed by atoms with van der Waals surface area (Å²) < 4.78 is 1.77. The highest BCUT2D eigenvalue weighted by Gasteiger charge is 2.15. The van der Waals surface area contributed by atoms with Crippen molar-refractivity contribution in [3.63, 3.8) is 0 Å². The van der Waals surface area contributed by atoms with Crippen LogP contribution in [0.15, 0.2) is 61.2 Å². The third-order valence-corrected chi connectivity index (χ3v) is 5.81. The summed E-state index contributed by atoms with van der Waals surface area (Å²) in [5, 5.41) is 5.17. The molecule has 0 amide bonds. The lowest BCUT2D eigenvalue weighted by atomic mass is 10.0. The van der Waals surface area contributed by atoms with Crippen molar-refractivity contribution < 1.29 is 4.79 Å². The lowest BCUT2D eigenvalue weighted by molar-refractivity contribution is 0.0990. The van der Waals surface area contributed by atoms with Crippen LogP contribution in [-0.4, -0.2) is 55.6 Å². The number of likely N-dealkylation sites (N-methyl/N-ethyl adjacent to an activating group) is 1. The maximum Gasteiger partial charge on any atom is 0.170 e. The average molecular weight is 425 g/mol. The summed E-state index contributed by atoms with van der Waals surface area (Å²) >= 11 is 0. The fourth-order valence-electron chi connectivity index (χ4n) is 3.93. The highest BCUT2D eigenvalue weighted by molar-refractivity contribution is 5.98. The first-order chi connectivity index (χ1) is 15.5. The van der Waals surface area contributed by atoms with Gasteiger partial charge in [0.2, 0.25) is 0 Å². The van der Waals surface area contributed by atoms with Gasteiger partial charge in [-0.3, -0.25) is 14.5 Å². The molecule has 32 heavy (non-hydrogen) atoms. The number of Topliss-reactive ketones (excluding diaryl/α,β-unsaturated/α-hetero) is 1. The predicted octanol–water partition coefficient (Wildman–Crippen LogP) is 3.57. The fourth-order valence-corrected chi connectivity index (χ4v) is 3.93. The molecule has 3 aromatic heterocycles. The van der Waals surface area contributed by atoms with Crippen molar-refractivity contribution in [1.29, 1.82) is 0 Å². The minimum Gasteiger partial charge on any atom is -0.302 e. The van der Waals surface area contributed by atoms with Crippen molar-refractivity contribution in [2.24, 2.45) is 7.05 Å². The van der Waals surface area contributed by atoms with Crippen molar-refractivity contribution in [3.8, 4) is 11.1 Å². The Morgan fingerprint density at radius 2 is 1.97 bits per heavy atom. The van der Waals surface area contributed by atoms with Gasteiger partial charge >= 0.3 is 0 Å². The molecule has 5 rings (SSSR count). The van der Waals surface area contributed by atoms with Gasteiger partial charge in [-0.05, 0) is 42.8 Å². The fraction of sp³-hybridized carbons (Fsp3) is 0.240. The Morgan fingerprint density at radius 1 is 1.06 bits per heavy atom. The Kier molecular flexibility index (Phi) is 5.33. The van der Waals surface area contributed by atoms with Gasteiger partial charge in [-0.1, -0.05) is 18.2 Å². The number of ketones is 1. The van der Waals surface area contributed by atoms with E-state index < -0.39 is 0 Å². The number of hydrogen-bond acceptors (Lipinski definition) is 6. The van der Waals surface area contributed by atoms with Gasteiger partial charge < -0.3 is 4.90 Å². The predicted molar refractivity (Wildman–Crippen MR) is 124 cm³/mol. The van der Waals surface area contributed by atoms with E-state index in [-0.39, 0.29) is 12.2 Å². The zero-order valence-electron chi connectivity index (χ0n) is 18.2. The summed E-state index contributed by atoms with van der Waals surface area (Å²) in [6, 6.07) is 9.69. The third kappa shape index (κ3) is 4.20. The maximum absolute atomic E-state index is 13.0. The second-order valence-electron chi connectivity index (χ2n) is 8.23. The molecule has 0 fully saturated rings. The Hall–Kier alpha value is -3.71. The van der Waals surface area contributed by atoms with Crippen LogP contribution in [0.1, 0.15) is 28.3 Å². The molecule has 4 aromatic rings. The van der Waals surface area contributed by atoms with E-state index in [1.165, 1.54) is 5.57 Å². The average Bonchev–Trinajstić information content (AvgIpc) is 3.25. The van der Waals surface area contributed by atoms with Crippen LogP contribution < -0.4 is 0 Å². The first-order valence-corrected chi connectivity index (χ1v) is 10.7. The van der Waals surface area contributed by atoms with Gasteiger partial charge in [-0.25, -0.2) is 9.97 Å². The van der Waals surface area contributed by atoms with Crippen LogP contribution in [-0.2, 0) is 13.5 Å². The number of hydrogen-bond donors (Lipinski definition) is 0. The Bertz CT molecular complexity index is 1340. The monoisotopic (exact) mass is 424 g/mol. The molecule has 0 spiro atoms. The molecular weight excluding hydrogens is 400 g/mol. The normalized spacial score (nSPS) is 14.5. The van der Waals surface area contributed by atoms with Gasteiger partial charge in [-0.2, -0.15) is 5.10 Å². The number of fused-ring (bicyclic) bond motifs is 1. The lowest BCUT2D eigenvalue weighted by Crippen LogP contribution is -2.23. The minimum absolute atomic E-state index is 0.00931. The van der Waals surface area contributed by atoms with Gasteiger partial charge in [0.1, 0.15) is 5.82 Å². The summed E-state index contributed by atoms with van der Waals surface area (Å²) in [6.45, 7) is 1.90. The number of pyridine rings is 1. The standard InChI is InChI=1S/C25H24N6O/c1-30-9-6-17(7-10-30)22-12-19(5-8-26-22)24(32)13-25-27-14-20-4-3-18(11-23(20)29-25)21-15-28-31(2)16-21/h3-6,8,11-12,14-16H,7,9-10,13H2,1-2H3. The number of nitrogens with zero attached hydrogens (tertiary/aromatic N) is 6. The first kappa shape index (κ1) is 20.2. The van der Waals surface area contributed by atoms with Crippen molar-refractivity contribution in [1.82, 2.24) is 29.6 Å². The van der Waals surface area contributed by atoms with Crippen molar-refractivity contribution in [2.75, 3.05) is 20.1 Å². The van der Waals surface area contributed by atoms with Crippen LogP contribution in [0.25, 0.3) is 27.6 Å². The number of aromatic nitrogens is 5. The zero-order chi connectivity index (χ0) is 22.1. The number of carbonyl (C=O) groups excluding carboxylic acids is 1. The summed E-state index contributed by atoms with van der Waals surface area (Å²) in [4.78, 5) is 28.8. The molecule has 1 aliphatic rings. The lowest BCUT2D eigenvalue weighted by Gasteiger charge is -2.21. The molecule has 7 nitrogen and oxygen atoms in total. The van der Waals surface area contributed by atoms with Gasteiger partial charge in [-0.15, -0.1) is 0 Å². The molecule has 0 saturated heterocycles. The molecule has 0 unspecified atom stereocenters. The van der Waals surface area contributed by atoms with Gasteiger partial charge in [0.25, 0.3) is 0 Å². The SMILES string of the molecule is CN1CC=C(c2cc(C(=O)Cc3ncc4ccc(-c5cnn(C)c5)cc4n3)ccn2)CC1. The molecule has 0 bridgehead atoms. The van der Waals surface area contributed by atoms with Gasteiger partial charge in [0.05, 0.1) is 23.8 Å². The zero-order valence-corrected chi connectivity index (χ0v) is 18.2. The minimum atomic E-state index is -0.00931. The largest absolute Gasteiger partial charge is 0.302 e. The Labute approximate surface area is 186 Å². The van der Waals surface area contributed by atoms with E-state index in [9.17, 15) is 4.79 Å². The second-order valence-corrected chi connectivity index (χ2v) is 8.23. The molecule has 0 aliphatic carbocycles. The highest BCUT2D eigenvalue weighted by Crippen LogP contribution is 2.24. The summed E-state index contributed by atoms with van der Waals surface area (Å²) in [5.41, 5.74) is 5.59. The Morgan fingerprint density at radius 3 is 2.75 bits per heavy atom. The third-order valence-electron chi connectivity index (χ3n) is 5.81. The molecule has 7 heteroatoms. The Balaban J connectivity index is 1.38. The topological polar surface area (TPSA) is 76.8 Å². The molecule has 1 aliphatic heterocycles. The molecule has 0 saturated carbocycles. The molecule has 1 aromatic carbocycles. The molecule has 4 heterocycles. The smallest absolute Gasteiger partial charge is 0.170 e. The number of carbonyl (C=O) groups is 1. The van der Waals surface area contributed by atoms with Crippen LogP contribution in [0.5, 0.6) is 0 Å². The summed E-state index contributed by atoms with van der Waals surface area (Å²) in [7, 11) is 3.99. The second kappa shape index (κ2) is 8.43. The van der Waals surface area contributed by atoms with E-state index in [0.29, 0.717) is 11.4 Å². The number of benzene rings is 1. The quantitative estimate of drug-likeness (QED) is 0.456. The van der Waals surface area contributed by atoms with E-state index >= 15 is 0 Å². The maximum atomic E-state index is 13.0. The van der Waals surface area contributed by atoms with E-state index in [4.69, 9.17) is 0 Å². The van der Waals surface area contributed by atoms with Crippen LogP contribution >= 0.6 is 0 Å². The van der Waals surface area contributed by atoms with E-state index in [1.54, 1.807) is 23.1 Å². The molecule has 0 N–H and O–H groups in total. The van der Waals surface area contributed by atoms with Crippen molar-refractivity contribution in [2.45, 2.75) is 12.8 Å². The van der Waals surface area contributed by atoms with Crippen LogP contribution in [0.4, 0.5) is 0 Å². The number of rotatable bonds is 5. The van der Waals surface area contributed by atoms with Gasteiger partial charge in [0.15, 0.2) is 5.78 Å². The van der Waals surface area contributed by atoms with E-state index in [2.05, 4.69) is 38.1 Å². The summed E-state index contributed by atoms with van der Waals surface area (Å²) in [5.74, 6) is 0.507. The highest BCUT2D eigenvalue weighted by atomic mass is 16.1. The molecule has 160 valence electrons. The van der Waals surface area contributed by atoms with Crippen molar-refractivity contribution >= 4 is 22.3 Å². The first-order valence-electron chi connectivity index (χ1n) is 10.7. The van der Waals surface area contributed by atoms with E-state index in [0.717, 1.165) is 47.2 Å². The summed E-state index contributed by atoms with van der Waals surface area (Å²) in [6.07, 6.45) is 10.6. The van der Waals surface area contributed by atoms with Crippen LogP contribution in [0.2, 0.25) is 0 Å². The van der Waals surface area contributed by atoms with Crippen LogP contribution in [0.3, 0.4) is 0 Å². The molecular formula is C25H24N6O.